The van der Waals surface area contributed by atoms with Gasteiger partial charge in [-0.2, -0.15) is 0 Å². The molecule has 0 radical (unpaired) electrons. The van der Waals surface area contributed by atoms with Crippen LogP contribution in [0.15, 0.2) is 28.9 Å². The molecule has 2 aromatic rings. The van der Waals surface area contributed by atoms with Crippen molar-refractivity contribution in [1.29, 1.82) is 0 Å². The smallest absolute Gasteiger partial charge is 0.153 e. The SMILES string of the molecule is CCNC(c1c(Br)nnn1C)C1CCc2ccccc2C1. The van der Waals surface area contributed by atoms with Crippen molar-refractivity contribution in [3.8, 4) is 0 Å². The summed E-state index contributed by atoms with van der Waals surface area (Å²) in [5.74, 6) is 0.577. The van der Waals surface area contributed by atoms with Crippen molar-refractivity contribution in [3.05, 3.63) is 45.7 Å². The molecule has 1 aliphatic rings. The molecule has 1 N–H and O–H groups in total. The number of nitrogens with one attached hydrogen (secondary N) is 1. The van der Waals surface area contributed by atoms with Gasteiger partial charge in [-0.3, -0.25) is 0 Å². The van der Waals surface area contributed by atoms with E-state index in [9.17, 15) is 0 Å². The van der Waals surface area contributed by atoms with E-state index in [1.54, 1.807) is 0 Å². The predicted octanol–water partition coefficient (Wildman–Crippen LogP) is 3.03. The van der Waals surface area contributed by atoms with Gasteiger partial charge in [-0.15, -0.1) is 5.10 Å². The fourth-order valence-electron chi connectivity index (χ4n) is 3.39. The van der Waals surface area contributed by atoms with Crippen molar-refractivity contribution in [1.82, 2.24) is 20.3 Å². The molecule has 3 rings (SSSR count). The van der Waals surface area contributed by atoms with E-state index in [0.717, 1.165) is 29.7 Å². The minimum Gasteiger partial charge on any atom is -0.309 e. The zero-order valence-corrected chi connectivity index (χ0v) is 14.1. The third-order valence-electron chi connectivity index (χ3n) is 4.40. The molecule has 1 aliphatic carbocycles. The van der Waals surface area contributed by atoms with Crippen molar-refractivity contribution >= 4 is 15.9 Å². The molecule has 0 saturated carbocycles. The molecule has 21 heavy (non-hydrogen) atoms. The van der Waals surface area contributed by atoms with Gasteiger partial charge in [0.25, 0.3) is 0 Å². The molecule has 2 unspecified atom stereocenters. The summed E-state index contributed by atoms with van der Waals surface area (Å²) in [5.41, 5.74) is 4.15. The van der Waals surface area contributed by atoms with E-state index in [-0.39, 0.29) is 6.04 Å². The van der Waals surface area contributed by atoms with Gasteiger partial charge in [0, 0.05) is 7.05 Å². The van der Waals surface area contributed by atoms with Gasteiger partial charge >= 0.3 is 0 Å². The summed E-state index contributed by atoms with van der Waals surface area (Å²) in [5, 5.41) is 11.9. The Bertz CT molecular complexity index is 603. The van der Waals surface area contributed by atoms with E-state index in [0.29, 0.717) is 5.92 Å². The molecule has 0 bridgehead atoms. The summed E-state index contributed by atoms with van der Waals surface area (Å²) in [4.78, 5) is 0. The molecule has 1 aromatic heterocycles. The Kier molecular flexibility index (Phi) is 4.40. The van der Waals surface area contributed by atoms with Crippen molar-refractivity contribution in [2.45, 2.75) is 32.2 Å². The number of fused-ring (bicyclic) bond motifs is 1. The summed E-state index contributed by atoms with van der Waals surface area (Å²) in [6.45, 7) is 3.10. The van der Waals surface area contributed by atoms with Gasteiger partial charge < -0.3 is 5.32 Å². The van der Waals surface area contributed by atoms with Crippen LogP contribution in [0.5, 0.6) is 0 Å². The van der Waals surface area contributed by atoms with Gasteiger partial charge in [-0.25, -0.2) is 4.68 Å². The highest BCUT2D eigenvalue weighted by Gasteiger charge is 2.30. The fraction of sp³-hybridized carbons (Fsp3) is 0.500. The monoisotopic (exact) mass is 348 g/mol. The molecule has 1 aromatic carbocycles. The van der Waals surface area contributed by atoms with Crippen LogP contribution < -0.4 is 5.32 Å². The maximum atomic E-state index is 4.15. The zero-order valence-electron chi connectivity index (χ0n) is 12.5. The van der Waals surface area contributed by atoms with Gasteiger partial charge in [0.1, 0.15) is 0 Å². The standard InChI is InChI=1S/C16H21BrN4/c1-3-18-14(15-16(17)19-20-21(15)2)13-9-8-11-6-4-5-7-12(11)10-13/h4-7,13-14,18H,3,8-10H2,1-2H3. The maximum absolute atomic E-state index is 4.15. The van der Waals surface area contributed by atoms with Crippen LogP contribution in [-0.2, 0) is 19.9 Å². The Labute approximate surface area is 134 Å². The van der Waals surface area contributed by atoms with Crippen LogP contribution in [0.4, 0.5) is 0 Å². The lowest BCUT2D eigenvalue weighted by molar-refractivity contribution is 0.316. The molecule has 0 amide bonds. The quantitative estimate of drug-likeness (QED) is 0.923. The van der Waals surface area contributed by atoms with E-state index >= 15 is 0 Å². The number of aromatic nitrogens is 3. The average Bonchev–Trinajstić information content (AvgIpc) is 2.84. The Morgan fingerprint density at radius 3 is 2.81 bits per heavy atom. The zero-order chi connectivity index (χ0) is 14.8. The molecule has 1 heterocycles. The summed E-state index contributed by atoms with van der Waals surface area (Å²) < 4.78 is 2.74. The van der Waals surface area contributed by atoms with Crippen molar-refractivity contribution in [2.75, 3.05) is 6.54 Å². The molecule has 112 valence electrons. The average molecular weight is 349 g/mol. The van der Waals surface area contributed by atoms with Crippen LogP contribution in [0.3, 0.4) is 0 Å². The second-order valence-electron chi connectivity index (χ2n) is 5.70. The molecule has 5 heteroatoms. The van der Waals surface area contributed by atoms with Crippen LogP contribution in [0.1, 0.15) is 36.2 Å². The summed E-state index contributed by atoms with van der Waals surface area (Å²) in [7, 11) is 1.97. The van der Waals surface area contributed by atoms with E-state index in [4.69, 9.17) is 0 Å². The minimum atomic E-state index is 0.290. The number of benzene rings is 1. The molecule has 0 spiro atoms. The number of aryl methyl sites for hydroxylation is 2. The molecule has 0 aliphatic heterocycles. The van der Waals surface area contributed by atoms with Gasteiger partial charge in [0.15, 0.2) is 4.60 Å². The molecular formula is C16H21BrN4. The Hall–Kier alpha value is -1.20. The van der Waals surface area contributed by atoms with Gasteiger partial charge in [0.05, 0.1) is 11.7 Å². The molecular weight excluding hydrogens is 328 g/mol. The first-order valence-corrected chi connectivity index (χ1v) is 8.35. The third-order valence-corrected chi connectivity index (χ3v) is 4.97. The normalized spacial score (nSPS) is 19.3. The fourth-order valence-corrected chi connectivity index (χ4v) is 3.96. The van der Waals surface area contributed by atoms with Crippen LogP contribution in [0, 0.1) is 5.92 Å². The van der Waals surface area contributed by atoms with Gasteiger partial charge in [0.2, 0.25) is 0 Å². The summed E-state index contributed by atoms with van der Waals surface area (Å²) in [6.07, 6.45) is 3.48. The predicted molar refractivity (Wildman–Crippen MR) is 87.1 cm³/mol. The third kappa shape index (κ3) is 2.90. The first-order chi connectivity index (χ1) is 10.2. The van der Waals surface area contributed by atoms with Crippen LogP contribution >= 0.6 is 15.9 Å². The number of rotatable bonds is 4. The van der Waals surface area contributed by atoms with Crippen LogP contribution in [-0.4, -0.2) is 21.5 Å². The van der Waals surface area contributed by atoms with E-state index in [1.165, 1.54) is 17.5 Å². The second-order valence-corrected chi connectivity index (χ2v) is 6.45. The number of hydrogen-bond donors (Lipinski definition) is 1. The van der Waals surface area contributed by atoms with Gasteiger partial charge in [-0.05, 0) is 58.8 Å². The van der Waals surface area contributed by atoms with Crippen molar-refractivity contribution in [3.63, 3.8) is 0 Å². The molecule has 0 saturated heterocycles. The lowest BCUT2D eigenvalue weighted by Gasteiger charge is -2.32. The minimum absolute atomic E-state index is 0.290. The number of hydrogen-bond acceptors (Lipinski definition) is 3. The van der Waals surface area contributed by atoms with Crippen LogP contribution in [0.2, 0.25) is 0 Å². The first-order valence-electron chi connectivity index (χ1n) is 7.56. The lowest BCUT2D eigenvalue weighted by atomic mass is 9.79. The highest BCUT2D eigenvalue weighted by atomic mass is 79.9. The van der Waals surface area contributed by atoms with Gasteiger partial charge in [-0.1, -0.05) is 36.4 Å². The van der Waals surface area contributed by atoms with Crippen LogP contribution in [0.25, 0.3) is 0 Å². The molecule has 4 nitrogen and oxygen atoms in total. The van der Waals surface area contributed by atoms with E-state index < -0.39 is 0 Å². The Balaban J connectivity index is 1.89. The highest BCUT2D eigenvalue weighted by molar-refractivity contribution is 9.10. The molecule has 0 fully saturated rings. The second kappa shape index (κ2) is 6.28. The highest BCUT2D eigenvalue weighted by Crippen LogP contribution is 2.35. The molecule has 2 atom stereocenters. The Morgan fingerprint density at radius 2 is 2.14 bits per heavy atom. The number of halogens is 1. The first kappa shape index (κ1) is 14.7. The topological polar surface area (TPSA) is 42.7 Å². The number of nitrogens with zero attached hydrogens (tertiary/aromatic N) is 3. The maximum Gasteiger partial charge on any atom is 0.153 e. The van der Waals surface area contributed by atoms with E-state index in [1.807, 2.05) is 11.7 Å². The van der Waals surface area contributed by atoms with E-state index in [2.05, 4.69) is 62.7 Å². The summed E-state index contributed by atoms with van der Waals surface area (Å²) >= 11 is 3.55. The lowest BCUT2D eigenvalue weighted by Crippen LogP contribution is -2.33. The van der Waals surface area contributed by atoms with Crippen molar-refractivity contribution in [2.24, 2.45) is 13.0 Å². The van der Waals surface area contributed by atoms with Crippen molar-refractivity contribution < 1.29 is 0 Å². The Morgan fingerprint density at radius 1 is 1.38 bits per heavy atom. The summed E-state index contributed by atoms with van der Waals surface area (Å²) in [6, 6.07) is 9.10. The largest absolute Gasteiger partial charge is 0.309 e.